The normalized spacial score (nSPS) is 21.0. The number of rotatable bonds is 8. The monoisotopic (exact) mass is 417 g/mol. The van der Waals surface area contributed by atoms with Crippen LogP contribution in [0.2, 0.25) is 0 Å². The lowest BCUT2D eigenvalue weighted by Crippen LogP contribution is -2.31. The number of benzene rings is 2. The third-order valence-electron chi connectivity index (χ3n) is 6.78. The molecule has 1 unspecified atom stereocenters. The topological polar surface area (TPSA) is 3.24 Å². The highest BCUT2D eigenvalue weighted by Crippen LogP contribution is 2.42. The van der Waals surface area contributed by atoms with Crippen molar-refractivity contribution >= 4 is 0 Å². The fourth-order valence-corrected chi connectivity index (χ4v) is 4.78. The van der Waals surface area contributed by atoms with Crippen molar-refractivity contribution in [1.29, 1.82) is 0 Å². The Morgan fingerprint density at radius 2 is 1.53 bits per heavy atom. The summed E-state index contributed by atoms with van der Waals surface area (Å²) in [7, 11) is 2.20. The molecule has 0 aromatic heterocycles. The van der Waals surface area contributed by atoms with Crippen LogP contribution < -0.4 is 0 Å². The second kappa shape index (κ2) is 10.5. The zero-order chi connectivity index (χ0) is 21.6. The molecule has 1 aliphatic rings. The summed E-state index contributed by atoms with van der Waals surface area (Å²) in [5, 5.41) is 0. The SMILES string of the molecule is CCC(CCc1ccc(C2CCC(C(F)(F)F)CC2)cc1)N(C)Cc1ccccc1. The van der Waals surface area contributed by atoms with Gasteiger partial charge in [0, 0.05) is 12.6 Å². The Morgan fingerprint density at radius 3 is 2.10 bits per heavy atom. The molecule has 3 rings (SSSR count). The number of hydrogen-bond donors (Lipinski definition) is 0. The average Bonchev–Trinajstić information content (AvgIpc) is 2.75. The minimum Gasteiger partial charge on any atom is -0.299 e. The summed E-state index contributed by atoms with van der Waals surface area (Å²) in [5.41, 5.74) is 3.85. The molecule has 4 heteroatoms. The Bertz CT molecular complexity index is 746. The van der Waals surface area contributed by atoms with E-state index in [4.69, 9.17) is 0 Å². The van der Waals surface area contributed by atoms with Crippen molar-refractivity contribution in [2.45, 2.75) is 76.6 Å². The van der Waals surface area contributed by atoms with E-state index in [0.29, 0.717) is 18.9 Å². The van der Waals surface area contributed by atoms with Gasteiger partial charge in [-0.15, -0.1) is 0 Å². The van der Waals surface area contributed by atoms with Crippen LogP contribution in [-0.4, -0.2) is 24.2 Å². The molecule has 2 aromatic carbocycles. The average molecular weight is 418 g/mol. The summed E-state index contributed by atoms with van der Waals surface area (Å²) in [4.78, 5) is 2.43. The largest absolute Gasteiger partial charge is 0.391 e. The lowest BCUT2D eigenvalue weighted by Gasteiger charge is -2.30. The van der Waals surface area contributed by atoms with Gasteiger partial charge in [0.15, 0.2) is 0 Å². The first-order chi connectivity index (χ1) is 14.4. The Labute approximate surface area is 179 Å². The van der Waals surface area contributed by atoms with E-state index in [1.165, 1.54) is 16.7 Å². The maximum atomic E-state index is 12.9. The van der Waals surface area contributed by atoms with Crippen molar-refractivity contribution < 1.29 is 13.2 Å². The summed E-state index contributed by atoms with van der Waals surface area (Å²) >= 11 is 0. The number of aryl methyl sites for hydroxylation is 1. The van der Waals surface area contributed by atoms with Crippen molar-refractivity contribution in [2.75, 3.05) is 7.05 Å². The fourth-order valence-electron chi connectivity index (χ4n) is 4.78. The molecular formula is C26H34F3N. The Hall–Kier alpha value is -1.81. The number of alkyl halides is 3. The summed E-state index contributed by atoms with van der Waals surface area (Å²) in [6, 6.07) is 19.7. The predicted molar refractivity (Wildman–Crippen MR) is 118 cm³/mol. The summed E-state index contributed by atoms with van der Waals surface area (Å²) in [6.07, 6.45) is 1.04. The number of nitrogens with zero attached hydrogens (tertiary/aromatic N) is 1. The molecule has 2 aromatic rings. The maximum absolute atomic E-state index is 12.9. The first kappa shape index (κ1) is 22.9. The van der Waals surface area contributed by atoms with Gasteiger partial charge in [-0.05, 0) is 74.6 Å². The highest BCUT2D eigenvalue weighted by atomic mass is 19.4. The molecule has 1 nitrogen and oxygen atoms in total. The Morgan fingerprint density at radius 1 is 0.900 bits per heavy atom. The molecule has 0 radical (unpaired) electrons. The van der Waals surface area contributed by atoms with Crippen LogP contribution in [0.5, 0.6) is 0 Å². The van der Waals surface area contributed by atoms with Crippen molar-refractivity contribution in [1.82, 2.24) is 4.90 Å². The second-order valence-corrected chi connectivity index (χ2v) is 8.83. The number of halogens is 3. The molecule has 0 aliphatic heterocycles. The molecule has 0 N–H and O–H groups in total. The van der Waals surface area contributed by atoms with E-state index >= 15 is 0 Å². The van der Waals surface area contributed by atoms with Gasteiger partial charge in [0.1, 0.15) is 0 Å². The third kappa shape index (κ3) is 6.34. The quantitative estimate of drug-likeness (QED) is 0.433. The van der Waals surface area contributed by atoms with Crippen LogP contribution in [0.1, 0.15) is 68.1 Å². The van der Waals surface area contributed by atoms with Crippen molar-refractivity contribution in [3.63, 3.8) is 0 Å². The van der Waals surface area contributed by atoms with Crippen LogP contribution >= 0.6 is 0 Å². The molecule has 1 atom stereocenters. The first-order valence-corrected chi connectivity index (χ1v) is 11.3. The van der Waals surface area contributed by atoms with E-state index < -0.39 is 12.1 Å². The van der Waals surface area contributed by atoms with Gasteiger partial charge >= 0.3 is 6.18 Å². The molecule has 30 heavy (non-hydrogen) atoms. The van der Waals surface area contributed by atoms with E-state index in [0.717, 1.165) is 25.8 Å². The van der Waals surface area contributed by atoms with Crippen LogP contribution in [0, 0.1) is 5.92 Å². The fraction of sp³-hybridized carbons (Fsp3) is 0.538. The van der Waals surface area contributed by atoms with Gasteiger partial charge in [-0.25, -0.2) is 0 Å². The zero-order valence-electron chi connectivity index (χ0n) is 18.2. The molecule has 0 saturated heterocycles. The van der Waals surface area contributed by atoms with Gasteiger partial charge < -0.3 is 0 Å². The molecule has 0 bridgehead atoms. The zero-order valence-corrected chi connectivity index (χ0v) is 18.2. The highest BCUT2D eigenvalue weighted by molar-refractivity contribution is 5.26. The summed E-state index contributed by atoms with van der Waals surface area (Å²) < 4.78 is 38.6. The van der Waals surface area contributed by atoms with E-state index in [1.807, 2.05) is 6.07 Å². The molecular weight excluding hydrogens is 383 g/mol. The first-order valence-electron chi connectivity index (χ1n) is 11.3. The van der Waals surface area contributed by atoms with Crippen molar-refractivity contribution in [3.05, 3.63) is 71.3 Å². The van der Waals surface area contributed by atoms with Crippen LogP contribution in [0.4, 0.5) is 13.2 Å². The van der Waals surface area contributed by atoms with E-state index in [9.17, 15) is 13.2 Å². The van der Waals surface area contributed by atoms with Crippen LogP contribution in [0.3, 0.4) is 0 Å². The molecule has 0 heterocycles. The van der Waals surface area contributed by atoms with E-state index in [1.54, 1.807) is 0 Å². The molecule has 0 amide bonds. The van der Waals surface area contributed by atoms with E-state index in [-0.39, 0.29) is 18.8 Å². The van der Waals surface area contributed by atoms with Gasteiger partial charge in [-0.3, -0.25) is 4.90 Å². The molecule has 164 valence electrons. The van der Waals surface area contributed by atoms with Crippen molar-refractivity contribution in [3.8, 4) is 0 Å². The van der Waals surface area contributed by atoms with Crippen LogP contribution in [0.15, 0.2) is 54.6 Å². The third-order valence-corrected chi connectivity index (χ3v) is 6.78. The highest BCUT2D eigenvalue weighted by Gasteiger charge is 2.41. The molecule has 1 fully saturated rings. The van der Waals surface area contributed by atoms with E-state index in [2.05, 4.69) is 67.4 Å². The second-order valence-electron chi connectivity index (χ2n) is 8.83. The van der Waals surface area contributed by atoms with Gasteiger partial charge in [0.2, 0.25) is 0 Å². The van der Waals surface area contributed by atoms with Gasteiger partial charge in [0.25, 0.3) is 0 Å². The molecule has 0 spiro atoms. The van der Waals surface area contributed by atoms with Crippen molar-refractivity contribution in [2.24, 2.45) is 5.92 Å². The molecule has 1 aliphatic carbocycles. The van der Waals surface area contributed by atoms with Crippen LogP contribution in [-0.2, 0) is 13.0 Å². The lowest BCUT2D eigenvalue weighted by molar-refractivity contribution is -0.182. The lowest BCUT2D eigenvalue weighted by atomic mass is 9.78. The van der Waals surface area contributed by atoms with Gasteiger partial charge in [0.05, 0.1) is 5.92 Å². The predicted octanol–water partition coefficient (Wildman–Crippen LogP) is 7.37. The Balaban J connectivity index is 1.49. The summed E-state index contributed by atoms with van der Waals surface area (Å²) in [6.45, 7) is 3.20. The number of hydrogen-bond acceptors (Lipinski definition) is 1. The maximum Gasteiger partial charge on any atom is 0.391 e. The van der Waals surface area contributed by atoms with Gasteiger partial charge in [-0.1, -0.05) is 61.5 Å². The van der Waals surface area contributed by atoms with Gasteiger partial charge in [-0.2, -0.15) is 13.2 Å². The minimum absolute atomic E-state index is 0.266. The summed E-state index contributed by atoms with van der Waals surface area (Å²) in [5.74, 6) is -0.829. The minimum atomic E-state index is -4.03. The van der Waals surface area contributed by atoms with Crippen LogP contribution in [0.25, 0.3) is 0 Å². The Kier molecular flexibility index (Phi) is 7.99. The molecule has 1 saturated carbocycles. The smallest absolute Gasteiger partial charge is 0.299 e. The standard InChI is InChI=1S/C26H34F3N/c1-3-25(30(2)19-21-7-5-4-6-8-21)18-11-20-9-12-22(13-10-20)23-14-16-24(17-15-23)26(27,28)29/h4-10,12-13,23-25H,3,11,14-19H2,1-2H3.